The van der Waals surface area contributed by atoms with Crippen LogP contribution in [0.1, 0.15) is 31.4 Å². The molecule has 0 bridgehead atoms. The van der Waals surface area contributed by atoms with Crippen LogP contribution < -0.4 is 5.73 Å². The summed E-state index contributed by atoms with van der Waals surface area (Å²) in [7, 11) is 2.17. The van der Waals surface area contributed by atoms with Crippen LogP contribution >= 0.6 is 0 Å². The van der Waals surface area contributed by atoms with E-state index in [9.17, 15) is 4.39 Å². The van der Waals surface area contributed by atoms with Crippen molar-refractivity contribution in [2.45, 2.75) is 31.8 Å². The lowest BCUT2D eigenvalue weighted by Crippen LogP contribution is -2.39. The lowest BCUT2D eigenvalue weighted by atomic mass is 10.0. The normalized spacial score (nSPS) is 23.5. The molecule has 0 aromatic heterocycles. The van der Waals surface area contributed by atoms with E-state index in [1.807, 2.05) is 6.07 Å². The van der Waals surface area contributed by atoms with Gasteiger partial charge in [0.05, 0.1) is 0 Å². The van der Waals surface area contributed by atoms with E-state index in [1.54, 1.807) is 12.1 Å². The second-order valence-corrected chi connectivity index (χ2v) is 5.92. The zero-order chi connectivity index (χ0) is 14.5. The van der Waals surface area contributed by atoms with Gasteiger partial charge in [-0.15, -0.1) is 0 Å². The summed E-state index contributed by atoms with van der Waals surface area (Å²) in [6.07, 6.45) is 1.99. The van der Waals surface area contributed by atoms with E-state index in [1.165, 1.54) is 12.5 Å². The average Bonchev–Trinajstić information content (AvgIpc) is 2.57. The van der Waals surface area contributed by atoms with Gasteiger partial charge in [0, 0.05) is 30.7 Å². The highest BCUT2D eigenvalue weighted by Crippen LogP contribution is 2.19. The van der Waals surface area contributed by atoms with Gasteiger partial charge in [0.1, 0.15) is 5.82 Å². The first kappa shape index (κ1) is 15.4. The molecule has 0 saturated carbocycles. The fourth-order valence-electron chi connectivity index (χ4n) is 2.99. The van der Waals surface area contributed by atoms with Gasteiger partial charge < -0.3 is 10.6 Å². The molecule has 4 heteroatoms. The van der Waals surface area contributed by atoms with Gasteiger partial charge in [0.25, 0.3) is 0 Å². The van der Waals surface area contributed by atoms with Gasteiger partial charge in [-0.2, -0.15) is 0 Å². The summed E-state index contributed by atoms with van der Waals surface area (Å²) >= 11 is 0. The second kappa shape index (κ2) is 7.16. The zero-order valence-corrected chi connectivity index (χ0v) is 12.6. The standard InChI is InChI=1S/C16H26FN3/c1-13-12-19(2)9-5-10-20(13)11-8-16(18)14-6-3-4-7-15(14)17/h3-4,6-7,13,16H,5,8-12,18H2,1-2H3. The lowest BCUT2D eigenvalue weighted by molar-refractivity contribution is 0.196. The minimum absolute atomic E-state index is 0.191. The van der Waals surface area contributed by atoms with Crippen molar-refractivity contribution < 1.29 is 4.39 Å². The molecule has 1 heterocycles. The number of hydrogen-bond donors (Lipinski definition) is 1. The van der Waals surface area contributed by atoms with Crippen molar-refractivity contribution in [3.8, 4) is 0 Å². The van der Waals surface area contributed by atoms with Crippen molar-refractivity contribution in [3.05, 3.63) is 35.6 Å². The highest BCUT2D eigenvalue weighted by atomic mass is 19.1. The Balaban J connectivity index is 1.89. The van der Waals surface area contributed by atoms with Crippen molar-refractivity contribution >= 4 is 0 Å². The molecule has 2 atom stereocenters. The predicted octanol–water partition coefficient (Wildman–Crippen LogP) is 2.24. The van der Waals surface area contributed by atoms with E-state index >= 15 is 0 Å². The van der Waals surface area contributed by atoms with E-state index < -0.39 is 0 Å². The topological polar surface area (TPSA) is 32.5 Å². The maximum atomic E-state index is 13.7. The van der Waals surface area contributed by atoms with Gasteiger partial charge in [-0.1, -0.05) is 18.2 Å². The highest BCUT2D eigenvalue weighted by molar-refractivity contribution is 5.20. The summed E-state index contributed by atoms with van der Waals surface area (Å²) in [6, 6.07) is 7.15. The first-order valence-corrected chi connectivity index (χ1v) is 7.50. The lowest BCUT2D eigenvalue weighted by Gasteiger charge is -2.28. The molecule has 2 unspecified atom stereocenters. The van der Waals surface area contributed by atoms with Crippen LogP contribution in [0, 0.1) is 5.82 Å². The molecule has 1 saturated heterocycles. The molecule has 112 valence electrons. The largest absolute Gasteiger partial charge is 0.324 e. The molecule has 0 spiro atoms. The molecular weight excluding hydrogens is 253 g/mol. The summed E-state index contributed by atoms with van der Waals surface area (Å²) < 4.78 is 13.7. The van der Waals surface area contributed by atoms with Crippen LogP contribution in [-0.2, 0) is 0 Å². The Bertz CT molecular complexity index is 424. The molecule has 1 fully saturated rings. The van der Waals surface area contributed by atoms with Crippen LogP contribution in [0.25, 0.3) is 0 Å². The van der Waals surface area contributed by atoms with Crippen molar-refractivity contribution in [2.24, 2.45) is 5.73 Å². The summed E-state index contributed by atoms with van der Waals surface area (Å²) in [5, 5.41) is 0. The van der Waals surface area contributed by atoms with Crippen LogP contribution in [0.2, 0.25) is 0 Å². The third-order valence-electron chi connectivity index (χ3n) is 4.22. The molecule has 1 aliphatic rings. The van der Waals surface area contributed by atoms with Crippen LogP contribution in [-0.4, -0.2) is 49.1 Å². The van der Waals surface area contributed by atoms with Gasteiger partial charge in [-0.25, -0.2) is 4.39 Å². The summed E-state index contributed by atoms with van der Waals surface area (Å²) in [6.45, 7) is 6.55. The Morgan fingerprint density at radius 3 is 2.85 bits per heavy atom. The molecular formula is C16H26FN3. The van der Waals surface area contributed by atoms with Crippen LogP contribution in [0.15, 0.2) is 24.3 Å². The summed E-state index contributed by atoms with van der Waals surface area (Å²) in [5.74, 6) is -0.191. The first-order chi connectivity index (χ1) is 9.58. The van der Waals surface area contributed by atoms with Crippen molar-refractivity contribution in [1.82, 2.24) is 9.80 Å². The van der Waals surface area contributed by atoms with E-state index in [0.717, 1.165) is 32.6 Å². The SMILES string of the molecule is CC1CN(C)CCCN1CCC(N)c1ccccc1F. The minimum Gasteiger partial charge on any atom is -0.324 e. The van der Waals surface area contributed by atoms with Crippen LogP contribution in [0.4, 0.5) is 4.39 Å². The number of hydrogen-bond acceptors (Lipinski definition) is 3. The van der Waals surface area contributed by atoms with E-state index in [0.29, 0.717) is 11.6 Å². The van der Waals surface area contributed by atoms with E-state index in [2.05, 4.69) is 23.8 Å². The number of benzene rings is 1. The smallest absolute Gasteiger partial charge is 0.127 e. The summed E-state index contributed by atoms with van der Waals surface area (Å²) in [5.41, 5.74) is 6.78. The Morgan fingerprint density at radius 1 is 1.35 bits per heavy atom. The quantitative estimate of drug-likeness (QED) is 0.917. The number of halogens is 1. The maximum absolute atomic E-state index is 13.7. The molecule has 20 heavy (non-hydrogen) atoms. The first-order valence-electron chi connectivity index (χ1n) is 7.50. The van der Waals surface area contributed by atoms with E-state index in [4.69, 9.17) is 5.73 Å². The van der Waals surface area contributed by atoms with Gasteiger partial charge in [-0.3, -0.25) is 4.90 Å². The number of rotatable bonds is 4. The van der Waals surface area contributed by atoms with Crippen molar-refractivity contribution in [2.75, 3.05) is 33.2 Å². The highest BCUT2D eigenvalue weighted by Gasteiger charge is 2.20. The third kappa shape index (κ3) is 4.01. The number of likely N-dealkylation sites (N-methyl/N-ethyl adjacent to an activating group) is 1. The molecule has 2 N–H and O–H groups in total. The predicted molar refractivity (Wildman–Crippen MR) is 81.1 cm³/mol. The number of nitrogens with zero attached hydrogens (tertiary/aromatic N) is 2. The van der Waals surface area contributed by atoms with Gasteiger partial charge in [0.2, 0.25) is 0 Å². The van der Waals surface area contributed by atoms with Gasteiger partial charge in [-0.05, 0) is 46.0 Å². The molecule has 0 radical (unpaired) electrons. The van der Waals surface area contributed by atoms with Crippen molar-refractivity contribution in [3.63, 3.8) is 0 Å². The Morgan fingerprint density at radius 2 is 2.10 bits per heavy atom. The molecule has 1 aliphatic heterocycles. The fourth-order valence-corrected chi connectivity index (χ4v) is 2.99. The molecule has 1 aromatic carbocycles. The third-order valence-corrected chi connectivity index (χ3v) is 4.22. The Hall–Kier alpha value is -0.970. The Labute approximate surface area is 121 Å². The van der Waals surface area contributed by atoms with Gasteiger partial charge >= 0.3 is 0 Å². The van der Waals surface area contributed by atoms with E-state index in [-0.39, 0.29) is 11.9 Å². The van der Waals surface area contributed by atoms with Crippen molar-refractivity contribution in [1.29, 1.82) is 0 Å². The van der Waals surface area contributed by atoms with Gasteiger partial charge in [0.15, 0.2) is 0 Å². The fraction of sp³-hybridized carbons (Fsp3) is 0.625. The second-order valence-electron chi connectivity index (χ2n) is 5.92. The van der Waals surface area contributed by atoms with Crippen LogP contribution in [0.3, 0.4) is 0 Å². The number of nitrogens with two attached hydrogens (primary N) is 1. The molecule has 2 rings (SSSR count). The van der Waals surface area contributed by atoms with Crippen LogP contribution in [0.5, 0.6) is 0 Å². The zero-order valence-electron chi connectivity index (χ0n) is 12.6. The Kier molecular flexibility index (Phi) is 5.52. The summed E-state index contributed by atoms with van der Waals surface area (Å²) in [4.78, 5) is 4.85. The molecule has 3 nitrogen and oxygen atoms in total. The monoisotopic (exact) mass is 279 g/mol. The molecule has 0 aliphatic carbocycles. The molecule has 1 aromatic rings. The molecule has 0 amide bonds. The average molecular weight is 279 g/mol. The minimum atomic E-state index is -0.218. The maximum Gasteiger partial charge on any atom is 0.127 e.